The molecule has 0 saturated carbocycles. The van der Waals surface area contributed by atoms with Gasteiger partial charge in [-0.3, -0.25) is 5.32 Å². The number of rotatable bonds is 5. The molecule has 130 valence electrons. The molecule has 1 aliphatic heterocycles. The van der Waals surface area contributed by atoms with Gasteiger partial charge < -0.3 is 0 Å². The third-order valence-electron chi connectivity index (χ3n) is 4.37. The van der Waals surface area contributed by atoms with Crippen LogP contribution in [0.5, 0.6) is 0 Å². The second kappa shape index (κ2) is 6.92. The number of halogens is 1. The predicted molar refractivity (Wildman–Crippen MR) is 93.7 cm³/mol. The lowest BCUT2D eigenvalue weighted by atomic mass is 9.78. The summed E-state index contributed by atoms with van der Waals surface area (Å²) in [4.78, 5) is 0. The zero-order valence-electron chi connectivity index (χ0n) is 13.6. The second-order valence-electron chi connectivity index (χ2n) is 6.13. The van der Waals surface area contributed by atoms with Gasteiger partial charge in [0.15, 0.2) is 0 Å². The first-order chi connectivity index (χ1) is 11.9. The Labute approximate surface area is 146 Å². The molecule has 1 heterocycles. The zero-order valence-corrected chi connectivity index (χ0v) is 14.4. The molecule has 0 amide bonds. The molecular weight excluding hydrogens is 341 g/mol. The van der Waals surface area contributed by atoms with Gasteiger partial charge in [-0.15, -0.1) is 0 Å². The Hall–Kier alpha value is -2.27. The Kier molecular flexibility index (Phi) is 4.86. The lowest BCUT2D eigenvalue weighted by Crippen LogP contribution is -2.62. The summed E-state index contributed by atoms with van der Waals surface area (Å²) in [5.41, 5.74) is 2.20. The molecule has 2 aromatic carbocycles. The topological polar surface area (TPSA) is 82.0 Å². The van der Waals surface area contributed by atoms with E-state index in [4.69, 9.17) is 0 Å². The Morgan fingerprint density at radius 2 is 1.88 bits per heavy atom. The Balaban J connectivity index is 1.80. The molecule has 5 nitrogen and oxygen atoms in total. The van der Waals surface area contributed by atoms with Gasteiger partial charge in [-0.2, -0.15) is 5.26 Å². The summed E-state index contributed by atoms with van der Waals surface area (Å²) in [5, 5.41) is 12.3. The van der Waals surface area contributed by atoms with Crippen molar-refractivity contribution in [2.24, 2.45) is 0 Å². The van der Waals surface area contributed by atoms with Crippen LogP contribution in [0.2, 0.25) is 0 Å². The van der Waals surface area contributed by atoms with E-state index < -0.39 is 10.0 Å². The molecule has 1 saturated heterocycles. The van der Waals surface area contributed by atoms with Gasteiger partial charge >= 0.3 is 0 Å². The summed E-state index contributed by atoms with van der Waals surface area (Å²) in [6, 6.07) is 15.6. The van der Waals surface area contributed by atoms with Crippen molar-refractivity contribution in [3.05, 3.63) is 59.9 Å². The van der Waals surface area contributed by atoms with E-state index >= 15 is 0 Å². The molecule has 0 unspecified atom stereocenters. The summed E-state index contributed by atoms with van der Waals surface area (Å²) in [6.45, 7) is 0.219. The number of nitrogens with one attached hydrogen (secondary N) is 2. The third kappa shape index (κ3) is 3.87. The van der Waals surface area contributed by atoms with E-state index in [1.807, 2.05) is 24.3 Å². The second-order valence-corrected chi connectivity index (χ2v) is 7.96. The summed E-state index contributed by atoms with van der Waals surface area (Å²) in [5.74, 6) is -0.403. The van der Waals surface area contributed by atoms with Crippen LogP contribution in [0, 0.1) is 17.1 Å². The minimum atomic E-state index is -3.29. The van der Waals surface area contributed by atoms with E-state index in [0.717, 1.165) is 17.4 Å². The van der Waals surface area contributed by atoms with Crippen LogP contribution in [0.3, 0.4) is 0 Å². The first-order valence-electron chi connectivity index (χ1n) is 7.84. The van der Waals surface area contributed by atoms with Gasteiger partial charge in [-0.1, -0.05) is 42.5 Å². The van der Waals surface area contributed by atoms with Crippen molar-refractivity contribution >= 4 is 10.0 Å². The van der Waals surface area contributed by atoms with Gasteiger partial charge in [0.2, 0.25) is 10.0 Å². The SMILES string of the molecule is CS(=O)(=O)NC[C@@H]1N[C@@H](C#N)[C@@H]1c1ccc(-c2ccccc2F)cc1. The molecule has 0 aliphatic carbocycles. The van der Waals surface area contributed by atoms with E-state index in [0.29, 0.717) is 5.56 Å². The van der Waals surface area contributed by atoms with E-state index in [1.165, 1.54) is 6.07 Å². The molecule has 1 aliphatic rings. The van der Waals surface area contributed by atoms with Gasteiger partial charge in [0.05, 0.1) is 12.3 Å². The van der Waals surface area contributed by atoms with Gasteiger partial charge in [0.25, 0.3) is 0 Å². The van der Waals surface area contributed by atoms with Crippen molar-refractivity contribution in [2.75, 3.05) is 12.8 Å². The summed E-state index contributed by atoms with van der Waals surface area (Å²) in [7, 11) is -3.29. The zero-order chi connectivity index (χ0) is 18.0. The highest BCUT2D eigenvalue weighted by Gasteiger charge is 2.41. The molecule has 0 radical (unpaired) electrons. The maximum atomic E-state index is 13.9. The number of nitrogens with zero attached hydrogens (tertiary/aromatic N) is 1. The van der Waals surface area contributed by atoms with E-state index in [-0.39, 0.29) is 30.4 Å². The molecule has 0 spiro atoms. The van der Waals surface area contributed by atoms with Crippen LogP contribution in [0.1, 0.15) is 11.5 Å². The number of sulfonamides is 1. The summed E-state index contributed by atoms with van der Waals surface area (Å²) in [6.07, 6.45) is 1.10. The third-order valence-corrected chi connectivity index (χ3v) is 5.06. The van der Waals surface area contributed by atoms with Crippen LogP contribution in [0.25, 0.3) is 11.1 Å². The molecule has 1 fully saturated rings. The Morgan fingerprint density at radius 1 is 1.20 bits per heavy atom. The molecule has 3 atom stereocenters. The molecule has 7 heteroatoms. The summed E-state index contributed by atoms with van der Waals surface area (Å²) < 4.78 is 38.9. The minimum absolute atomic E-state index is 0.117. The first kappa shape index (κ1) is 17.5. The maximum Gasteiger partial charge on any atom is 0.208 e. The van der Waals surface area contributed by atoms with Crippen molar-refractivity contribution in [1.82, 2.24) is 10.0 Å². The van der Waals surface area contributed by atoms with Crippen LogP contribution < -0.4 is 10.0 Å². The normalized spacial score (nSPS) is 22.8. The van der Waals surface area contributed by atoms with Crippen molar-refractivity contribution in [1.29, 1.82) is 5.26 Å². The van der Waals surface area contributed by atoms with Crippen molar-refractivity contribution < 1.29 is 12.8 Å². The number of hydrogen-bond acceptors (Lipinski definition) is 4. The highest BCUT2D eigenvalue weighted by molar-refractivity contribution is 7.88. The molecule has 2 N–H and O–H groups in total. The highest BCUT2D eigenvalue weighted by Crippen LogP contribution is 2.33. The number of hydrogen-bond donors (Lipinski definition) is 2. The lowest BCUT2D eigenvalue weighted by Gasteiger charge is -2.43. The molecule has 3 rings (SSSR count). The van der Waals surface area contributed by atoms with Gasteiger partial charge in [-0.05, 0) is 17.2 Å². The fraction of sp³-hybridized carbons (Fsp3) is 0.278. The molecule has 2 aromatic rings. The fourth-order valence-corrected chi connectivity index (χ4v) is 3.58. The van der Waals surface area contributed by atoms with E-state index in [1.54, 1.807) is 18.2 Å². The van der Waals surface area contributed by atoms with Crippen LogP contribution >= 0.6 is 0 Å². The van der Waals surface area contributed by atoms with Gasteiger partial charge in [0.1, 0.15) is 11.9 Å². The van der Waals surface area contributed by atoms with Gasteiger partial charge in [0, 0.05) is 24.1 Å². The lowest BCUT2D eigenvalue weighted by molar-refractivity contribution is 0.257. The van der Waals surface area contributed by atoms with Crippen molar-refractivity contribution in [3.63, 3.8) is 0 Å². The smallest absolute Gasteiger partial charge is 0.208 e. The van der Waals surface area contributed by atoms with Crippen molar-refractivity contribution in [2.45, 2.75) is 18.0 Å². The molecule has 0 aromatic heterocycles. The molecular formula is C18H18FN3O2S. The van der Waals surface area contributed by atoms with Gasteiger partial charge in [-0.25, -0.2) is 17.5 Å². The van der Waals surface area contributed by atoms with Crippen molar-refractivity contribution in [3.8, 4) is 17.2 Å². The fourth-order valence-electron chi connectivity index (χ4n) is 3.10. The Bertz CT molecular complexity index is 907. The largest absolute Gasteiger partial charge is 0.297 e. The van der Waals surface area contributed by atoms with Crippen LogP contribution in [-0.2, 0) is 10.0 Å². The minimum Gasteiger partial charge on any atom is -0.297 e. The summed E-state index contributed by atoms with van der Waals surface area (Å²) >= 11 is 0. The van der Waals surface area contributed by atoms with Crippen LogP contribution in [0.4, 0.5) is 4.39 Å². The Morgan fingerprint density at radius 3 is 2.48 bits per heavy atom. The quantitative estimate of drug-likeness (QED) is 0.855. The first-order valence-corrected chi connectivity index (χ1v) is 9.73. The van der Waals surface area contributed by atoms with E-state index in [2.05, 4.69) is 16.1 Å². The maximum absolute atomic E-state index is 13.9. The van der Waals surface area contributed by atoms with Crippen LogP contribution in [0.15, 0.2) is 48.5 Å². The monoisotopic (exact) mass is 359 g/mol. The highest BCUT2D eigenvalue weighted by atomic mass is 32.2. The van der Waals surface area contributed by atoms with E-state index in [9.17, 15) is 18.1 Å². The van der Waals surface area contributed by atoms with Crippen LogP contribution in [-0.4, -0.2) is 33.3 Å². The average molecular weight is 359 g/mol. The predicted octanol–water partition coefficient (Wildman–Crippen LogP) is 1.99. The number of benzene rings is 2. The average Bonchev–Trinajstić information content (AvgIpc) is 2.54. The molecule has 25 heavy (non-hydrogen) atoms. The standard InChI is InChI=1S/C18H18FN3O2S/c1-25(23,24)21-11-17-18(16(10-20)22-17)13-8-6-12(7-9-13)14-4-2-3-5-15(14)19/h2-9,16-18,21-22H,11H2,1H3/t16-,17-,18-/m0/s1. The number of nitriles is 1. The molecule has 0 bridgehead atoms.